The predicted molar refractivity (Wildman–Crippen MR) is 66.9 cm³/mol. The first kappa shape index (κ1) is 14.0. The highest BCUT2D eigenvalue weighted by atomic mass is 16.3. The number of carbonyl (C=O) groups excluding carboxylic acids is 2. The molecule has 1 rings (SSSR count). The van der Waals surface area contributed by atoms with Crippen LogP contribution in [0.25, 0.3) is 0 Å². The summed E-state index contributed by atoms with van der Waals surface area (Å²) in [7, 11) is 0. The van der Waals surface area contributed by atoms with Crippen LogP contribution in [-0.4, -0.2) is 36.6 Å². The van der Waals surface area contributed by atoms with E-state index in [9.17, 15) is 9.59 Å². The van der Waals surface area contributed by atoms with Crippen LogP contribution in [0.1, 0.15) is 5.56 Å². The number of amides is 2. The van der Waals surface area contributed by atoms with E-state index in [-0.39, 0.29) is 12.3 Å². The van der Waals surface area contributed by atoms with Crippen LogP contribution in [0.5, 0.6) is 5.75 Å². The lowest BCUT2D eigenvalue weighted by molar-refractivity contribution is -0.139. The third-order valence-corrected chi connectivity index (χ3v) is 2.27. The van der Waals surface area contributed by atoms with Crippen LogP contribution in [0.4, 0.5) is 0 Å². The van der Waals surface area contributed by atoms with E-state index in [1.54, 1.807) is 24.3 Å². The summed E-state index contributed by atoms with van der Waals surface area (Å²) in [5.41, 5.74) is 6.17. The Labute approximate surface area is 105 Å². The number of aromatic hydroxyl groups is 1. The molecule has 1 aromatic carbocycles. The molecule has 0 radical (unpaired) electrons. The Morgan fingerprint density at radius 3 is 2.17 bits per heavy atom. The molecule has 6 heteroatoms. The molecule has 0 aliphatic rings. The largest absolute Gasteiger partial charge is 0.508 e. The van der Waals surface area contributed by atoms with Crippen LogP contribution < -0.4 is 16.4 Å². The highest BCUT2D eigenvalue weighted by molar-refractivity contribution is 6.35. The number of hydrogen-bond acceptors (Lipinski definition) is 4. The fourth-order valence-electron chi connectivity index (χ4n) is 1.33. The van der Waals surface area contributed by atoms with Crippen molar-refractivity contribution in [3.63, 3.8) is 0 Å². The monoisotopic (exact) mass is 251 g/mol. The van der Waals surface area contributed by atoms with Gasteiger partial charge in [0.05, 0.1) is 0 Å². The van der Waals surface area contributed by atoms with Gasteiger partial charge in [-0.05, 0) is 24.1 Å². The maximum Gasteiger partial charge on any atom is 0.309 e. The number of rotatable bonds is 5. The smallest absolute Gasteiger partial charge is 0.309 e. The molecule has 0 unspecified atom stereocenters. The van der Waals surface area contributed by atoms with E-state index in [4.69, 9.17) is 10.8 Å². The number of nitrogens with two attached hydrogens (primary N) is 1. The van der Waals surface area contributed by atoms with Crippen LogP contribution in [0, 0.1) is 0 Å². The normalized spacial score (nSPS) is 9.83. The van der Waals surface area contributed by atoms with Crippen molar-refractivity contribution in [2.75, 3.05) is 19.6 Å². The highest BCUT2D eigenvalue weighted by Crippen LogP contribution is 2.09. The Balaban J connectivity index is 2.27. The lowest BCUT2D eigenvalue weighted by atomic mass is 10.1. The van der Waals surface area contributed by atoms with Gasteiger partial charge in [0.1, 0.15) is 5.75 Å². The average Bonchev–Trinajstić information content (AvgIpc) is 2.38. The molecule has 0 saturated heterocycles. The quantitative estimate of drug-likeness (QED) is 0.510. The van der Waals surface area contributed by atoms with Crippen molar-refractivity contribution in [2.45, 2.75) is 6.42 Å². The van der Waals surface area contributed by atoms with Crippen molar-refractivity contribution in [3.8, 4) is 5.75 Å². The van der Waals surface area contributed by atoms with Crippen molar-refractivity contribution in [1.29, 1.82) is 0 Å². The summed E-state index contributed by atoms with van der Waals surface area (Å²) in [4.78, 5) is 22.5. The molecule has 0 atom stereocenters. The van der Waals surface area contributed by atoms with Gasteiger partial charge in [-0.1, -0.05) is 12.1 Å². The lowest BCUT2D eigenvalue weighted by Crippen LogP contribution is -2.42. The second kappa shape index (κ2) is 7.29. The Morgan fingerprint density at radius 1 is 1.06 bits per heavy atom. The van der Waals surface area contributed by atoms with Gasteiger partial charge >= 0.3 is 11.8 Å². The van der Waals surface area contributed by atoms with Crippen molar-refractivity contribution >= 4 is 11.8 Å². The standard InChI is InChI=1S/C12H17N3O3/c13-6-8-15-12(18)11(17)14-7-5-9-1-3-10(16)4-2-9/h1-4,16H,5-8,13H2,(H,14,17)(H,15,18). The molecule has 0 fully saturated rings. The zero-order valence-electron chi connectivity index (χ0n) is 9.98. The van der Waals surface area contributed by atoms with E-state index >= 15 is 0 Å². The summed E-state index contributed by atoms with van der Waals surface area (Å²) in [6.07, 6.45) is 0.593. The summed E-state index contributed by atoms with van der Waals surface area (Å²) < 4.78 is 0. The van der Waals surface area contributed by atoms with Crippen LogP contribution in [0.15, 0.2) is 24.3 Å². The van der Waals surface area contributed by atoms with Gasteiger partial charge in [0.25, 0.3) is 0 Å². The summed E-state index contributed by atoms with van der Waals surface area (Å²) >= 11 is 0. The van der Waals surface area contributed by atoms with Gasteiger partial charge in [0, 0.05) is 19.6 Å². The second-order valence-electron chi connectivity index (χ2n) is 3.72. The van der Waals surface area contributed by atoms with Crippen LogP contribution in [0.3, 0.4) is 0 Å². The van der Waals surface area contributed by atoms with Gasteiger partial charge in [-0.3, -0.25) is 9.59 Å². The fraction of sp³-hybridized carbons (Fsp3) is 0.333. The third-order valence-electron chi connectivity index (χ3n) is 2.27. The Bertz CT molecular complexity index is 404. The number of hydrogen-bond donors (Lipinski definition) is 4. The molecule has 18 heavy (non-hydrogen) atoms. The van der Waals surface area contributed by atoms with E-state index < -0.39 is 11.8 Å². The maximum atomic E-state index is 11.3. The molecule has 0 spiro atoms. The molecule has 0 saturated carbocycles. The number of phenolic OH excluding ortho intramolecular Hbond substituents is 1. The van der Waals surface area contributed by atoms with Gasteiger partial charge in [0.2, 0.25) is 0 Å². The lowest BCUT2D eigenvalue weighted by Gasteiger charge is -2.05. The minimum absolute atomic E-state index is 0.198. The highest BCUT2D eigenvalue weighted by Gasteiger charge is 2.11. The summed E-state index contributed by atoms with van der Waals surface area (Å²) in [5, 5.41) is 14.0. The maximum absolute atomic E-state index is 11.3. The van der Waals surface area contributed by atoms with E-state index in [0.717, 1.165) is 5.56 Å². The van der Waals surface area contributed by atoms with Gasteiger partial charge in [-0.25, -0.2) is 0 Å². The molecule has 0 bridgehead atoms. The van der Waals surface area contributed by atoms with E-state index in [1.165, 1.54) is 0 Å². The molecular formula is C12H17N3O3. The first-order valence-corrected chi connectivity index (χ1v) is 5.67. The minimum atomic E-state index is -0.675. The number of nitrogens with one attached hydrogen (secondary N) is 2. The van der Waals surface area contributed by atoms with Crippen molar-refractivity contribution < 1.29 is 14.7 Å². The van der Waals surface area contributed by atoms with E-state index in [1.807, 2.05) is 0 Å². The van der Waals surface area contributed by atoms with Gasteiger partial charge in [0.15, 0.2) is 0 Å². The fourth-order valence-corrected chi connectivity index (χ4v) is 1.33. The molecule has 0 heterocycles. The second-order valence-corrected chi connectivity index (χ2v) is 3.72. The van der Waals surface area contributed by atoms with Gasteiger partial charge in [-0.15, -0.1) is 0 Å². The van der Waals surface area contributed by atoms with Gasteiger partial charge in [-0.2, -0.15) is 0 Å². The van der Waals surface area contributed by atoms with Crippen LogP contribution >= 0.6 is 0 Å². The molecule has 5 N–H and O–H groups in total. The van der Waals surface area contributed by atoms with E-state index in [0.29, 0.717) is 19.5 Å². The Morgan fingerprint density at radius 2 is 1.61 bits per heavy atom. The molecule has 1 aromatic rings. The summed E-state index contributed by atoms with van der Waals surface area (Å²) in [5.74, 6) is -1.14. The third kappa shape index (κ3) is 4.84. The Kier molecular flexibility index (Phi) is 5.66. The predicted octanol–water partition coefficient (Wildman–Crippen LogP) is -0.874. The van der Waals surface area contributed by atoms with E-state index in [2.05, 4.69) is 10.6 Å². The Hall–Kier alpha value is -2.08. The molecule has 6 nitrogen and oxygen atoms in total. The van der Waals surface area contributed by atoms with Crippen molar-refractivity contribution in [1.82, 2.24) is 10.6 Å². The van der Waals surface area contributed by atoms with Crippen LogP contribution in [0.2, 0.25) is 0 Å². The SMILES string of the molecule is NCCNC(=O)C(=O)NCCc1ccc(O)cc1. The molecule has 2 amide bonds. The molecule has 0 aliphatic heterocycles. The zero-order valence-corrected chi connectivity index (χ0v) is 9.98. The average molecular weight is 251 g/mol. The minimum Gasteiger partial charge on any atom is -0.508 e. The number of benzene rings is 1. The first-order valence-electron chi connectivity index (χ1n) is 5.67. The molecule has 0 aromatic heterocycles. The summed E-state index contributed by atoms with van der Waals surface area (Å²) in [6, 6.07) is 6.67. The van der Waals surface area contributed by atoms with Crippen LogP contribution in [-0.2, 0) is 16.0 Å². The molecule has 98 valence electrons. The van der Waals surface area contributed by atoms with Crippen molar-refractivity contribution in [3.05, 3.63) is 29.8 Å². The van der Waals surface area contributed by atoms with Gasteiger partial charge < -0.3 is 21.5 Å². The number of phenols is 1. The molecular weight excluding hydrogens is 234 g/mol. The summed E-state index contributed by atoms with van der Waals surface area (Å²) in [6.45, 7) is 0.941. The topological polar surface area (TPSA) is 104 Å². The zero-order chi connectivity index (χ0) is 13.4. The van der Waals surface area contributed by atoms with Crippen molar-refractivity contribution in [2.24, 2.45) is 5.73 Å². The first-order chi connectivity index (χ1) is 8.63. The number of carbonyl (C=O) groups is 2. The molecule has 0 aliphatic carbocycles.